The van der Waals surface area contributed by atoms with Gasteiger partial charge in [0.1, 0.15) is 22.0 Å². The minimum absolute atomic E-state index is 0.0423. The van der Waals surface area contributed by atoms with Crippen LogP contribution in [-0.4, -0.2) is 66.3 Å². The van der Waals surface area contributed by atoms with E-state index in [1.807, 2.05) is 0 Å². The van der Waals surface area contributed by atoms with Gasteiger partial charge in [-0.05, 0) is 57.9 Å². The molecule has 1 saturated heterocycles. The van der Waals surface area contributed by atoms with E-state index >= 15 is 4.39 Å². The van der Waals surface area contributed by atoms with Crippen LogP contribution in [0.3, 0.4) is 0 Å². The summed E-state index contributed by atoms with van der Waals surface area (Å²) < 4.78 is 63.7. The van der Waals surface area contributed by atoms with E-state index in [9.17, 15) is 27.5 Å². The molecule has 0 saturated carbocycles. The van der Waals surface area contributed by atoms with Gasteiger partial charge in [-0.3, -0.25) is 4.79 Å². The van der Waals surface area contributed by atoms with E-state index < -0.39 is 68.4 Å². The number of likely N-dealkylation sites (tertiary alicyclic amines) is 1. The number of aliphatic hydroxyl groups is 1. The van der Waals surface area contributed by atoms with Gasteiger partial charge in [-0.15, -0.1) is 0 Å². The number of halogens is 2. The van der Waals surface area contributed by atoms with Crippen molar-refractivity contribution in [3.05, 3.63) is 47.3 Å². The number of aromatic nitrogens is 1. The number of piperidine rings is 1. The van der Waals surface area contributed by atoms with Gasteiger partial charge in [-0.25, -0.2) is 26.7 Å². The third-order valence-electron chi connectivity index (χ3n) is 5.93. The highest BCUT2D eigenvalue weighted by Crippen LogP contribution is 2.25. The zero-order valence-corrected chi connectivity index (χ0v) is 22.2. The summed E-state index contributed by atoms with van der Waals surface area (Å²) in [6, 6.07) is 3.04. The number of carbonyl (C=O) groups is 2. The molecule has 3 rings (SSSR count). The molecule has 0 radical (unpaired) electrons. The molecule has 3 N–H and O–H groups in total. The highest BCUT2D eigenvalue weighted by atomic mass is 32.2. The van der Waals surface area contributed by atoms with Crippen molar-refractivity contribution in [2.75, 3.05) is 25.0 Å². The Kier molecular flexibility index (Phi) is 8.30. The number of hydrogen-bond acceptors (Lipinski definition) is 6. The highest BCUT2D eigenvalue weighted by molar-refractivity contribution is 7.89. The first-order valence-corrected chi connectivity index (χ1v) is 13.1. The number of amides is 2. The Bertz CT molecular complexity index is 1290. The van der Waals surface area contributed by atoms with Crippen molar-refractivity contribution in [2.24, 2.45) is 13.0 Å². The molecule has 2 heterocycles. The molecule has 2 amide bonds. The summed E-state index contributed by atoms with van der Waals surface area (Å²) in [6.07, 6.45) is 0.565. The number of rotatable bonds is 6. The Morgan fingerprint density at radius 1 is 1.24 bits per heavy atom. The van der Waals surface area contributed by atoms with E-state index in [2.05, 4.69) is 10.0 Å². The number of nitrogens with zero attached hydrogens (tertiary/aromatic N) is 2. The van der Waals surface area contributed by atoms with Crippen LogP contribution < -0.4 is 10.0 Å². The Morgan fingerprint density at radius 2 is 1.92 bits per heavy atom. The number of anilines is 1. The third-order valence-corrected chi connectivity index (χ3v) is 7.41. The van der Waals surface area contributed by atoms with E-state index in [1.165, 1.54) is 31.0 Å². The molecule has 1 fully saturated rings. The number of nitrogens with one attached hydrogen (secondary N) is 2. The molecule has 2 atom stereocenters. The highest BCUT2D eigenvalue weighted by Gasteiger charge is 2.37. The molecule has 0 bridgehead atoms. The van der Waals surface area contributed by atoms with Gasteiger partial charge >= 0.3 is 6.09 Å². The van der Waals surface area contributed by atoms with Crippen molar-refractivity contribution < 1.29 is 36.6 Å². The van der Waals surface area contributed by atoms with Crippen LogP contribution in [0, 0.1) is 24.5 Å². The molecule has 1 aromatic heterocycles. The van der Waals surface area contributed by atoms with Crippen molar-refractivity contribution >= 4 is 27.7 Å². The summed E-state index contributed by atoms with van der Waals surface area (Å²) in [5.74, 6) is -3.29. The Balaban J connectivity index is 1.76. The summed E-state index contributed by atoms with van der Waals surface area (Å²) in [4.78, 5) is 25.7. The lowest BCUT2D eigenvalue weighted by Crippen LogP contribution is -2.54. The average Bonchev–Trinajstić information content (AvgIpc) is 3.10. The number of ether oxygens (including phenoxy) is 1. The number of sulfonamides is 1. The van der Waals surface area contributed by atoms with Gasteiger partial charge in [0.25, 0.3) is 5.91 Å². The molecule has 2 aromatic rings. The molecule has 1 aliphatic heterocycles. The molecule has 0 aliphatic carbocycles. The summed E-state index contributed by atoms with van der Waals surface area (Å²) in [7, 11) is -3.12. The lowest BCUT2D eigenvalue weighted by atomic mass is 9.94. The third kappa shape index (κ3) is 6.65. The van der Waals surface area contributed by atoms with Crippen molar-refractivity contribution in [1.82, 2.24) is 14.2 Å². The summed E-state index contributed by atoms with van der Waals surface area (Å²) in [5, 5.41) is 12.3. The fourth-order valence-corrected chi connectivity index (χ4v) is 5.52. The lowest BCUT2D eigenvalue weighted by molar-refractivity contribution is 0.00980. The summed E-state index contributed by atoms with van der Waals surface area (Å²) in [5.41, 5.74) is -0.752. The molecule has 13 heteroatoms. The largest absolute Gasteiger partial charge is 0.444 e. The molecule has 1 aliphatic rings. The number of aliphatic hydroxyl groups excluding tert-OH is 1. The van der Waals surface area contributed by atoms with E-state index in [0.717, 1.165) is 16.8 Å². The molecule has 0 spiro atoms. The van der Waals surface area contributed by atoms with Gasteiger partial charge < -0.3 is 24.6 Å². The maximum absolute atomic E-state index is 15.3. The second-order valence-electron chi connectivity index (χ2n) is 10.1. The second-order valence-corrected chi connectivity index (χ2v) is 11.8. The number of hydrogen-bond donors (Lipinski definition) is 3. The molecule has 2 unspecified atom stereocenters. The van der Waals surface area contributed by atoms with Crippen LogP contribution in [0.1, 0.15) is 43.2 Å². The van der Waals surface area contributed by atoms with E-state index in [1.54, 1.807) is 20.8 Å². The molecule has 10 nitrogen and oxygen atoms in total. The molecule has 1 aromatic carbocycles. The van der Waals surface area contributed by atoms with Gasteiger partial charge in [0.2, 0.25) is 10.0 Å². The normalized spacial score (nSPS) is 18.5. The zero-order chi connectivity index (χ0) is 27.7. The van der Waals surface area contributed by atoms with E-state index in [-0.39, 0.29) is 30.8 Å². The summed E-state index contributed by atoms with van der Waals surface area (Å²) in [6.45, 7) is 6.45. The summed E-state index contributed by atoms with van der Waals surface area (Å²) >= 11 is 0. The van der Waals surface area contributed by atoms with Crippen LogP contribution >= 0.6 is 0 Å². The Hall–Kier alpha value is -3.03. The average molecular weight is 543 g/mol. The number of carbonyl (C=O) groups excluding carboxylic acids is 2. The minimum atomic E-state index is -4.44. The molecular formula is C24H32F2N4O6S. The van der Waals surface area contributed by atoms with Crippen LogP contribution in [0.5, 0.6) is 0 Å². The van der Waals surface area contributed by atoms with Gasteiger partial charge in [0, 0.05) is 50.6 Å². The fourth-order valence-electron chi connectivity index (χ4n) is 4.06. The van der Waals surface area contributed by atoms with Crippen LogP contribution in [0.2, 0.25) is 0 Å². The van der Waals surface area contributed by atoms with Gasteiger partial charge in [-0.1, -0.05) is 0 Å². The molecular weight excluding hydrogens is 510 g/mol. The van der Waals surface area contributed by atoms with Crippen LogP contribution in [0.4, 0.5) is 19.3 Å². The van der Waals surface area contributed by atoms with Gasteiger partial charge in [-0.2, -0.15) is 0 Å². The smallest absolute Gasteiger partial charge is 0.410 e. The maximum atomic E-state index is 15.3. The molecule has 37 heavy (non-hydrogen) atoms. The van der Waals surface area contributed by atoms with Gasteiger partial charge in [0.15, 0.2) is 5.82 Å². The maximum Gasteiger partial charge on any atom is 0.410 e. The first-order valence-electron chi connectivity index (χ1n) is 11.7. The minimum Gasteiger partial charge on any atom is -0.444 e. The van der Waals surface area contributed by atoms with Crippen LogP contribution in [0.25, 0.3) is 0 Å². The first kappa shape index (κ1) is 28.5. The van der Waals surface area contributed by atoms with Crippen LogP contribution in [0.15, 0.2) is 29.3 Å². The second kappa shape index (κ2) is 10.8. The number of benzene rings is 1. The van der Waals surface area contributed by atoms with Crippen molar-refractivity contribution in [3.63, 3.8) is 0 Å². The quantitative estimate of drug-likeness (QED) is 0.515. The lowest BCUT2D eigenvalue weighted by Gasteiger charge is -2.38. The first-order chi connectivity index (χ1) is 17.1. The van der Waals surface area contributed by atoms with Crippen molar-refractivity contribution in [3.8, 4) is 0 Å². The fraction of sp³-hybridized carbons (Fsp3) is 0.500. The standard InChI is InChI=1S/C24H32F2N4O6S/c1-14-10-16(6-7-17(14)25)27-22(32)21-20(26)19(12-29(21)5)37(34,35)28-18-8-9-30(11-15(18)13-31)23(33)36-24(2,3)4/h6-7,10,12,15,18,28,31H,8-9,11,13H2,1-5H3,(H,27,32). The van der Waals surface area contributed by atoms with E-state index in [0.29, 0.717) is 0 Å². The Morgan fingerprint density at radius 3 is 2.51 bits per heavy atom. The zero-order valence-electron chi connectivity index (χ0n) is 21.3. The predicted octanol–water partition coefficient (Wildman–Crippen LogP) is 2.76. The van der Waals surface area contributed by atoms with Crippen molar-refractivity contribution in [2.45, 2.75) is 50.7 Å². The van der Waals surface area contributed by atoms with Crippen LogP contribution in [-0.2, 0) is 21.8 Å². The topological polar surface area (TPSA) is 130 Å². The predicted molar refractivity (Wildman–Crippen MR) is 132 cm³/mol. The number of aryl methyl sites for hydroxylation is 2. The molecule has 204 valence electrons. The monoisotopic (exact) mass is 542 g/mol. The Labute approximate surface area is 214 Å². The van der Waals surface area contributed by atoms with Crippen molar-refractivity contribution in [1.29, 1.82) is 0 Å². The van der Waals surface area contributed by atoms with Gasteiger partial charge in [0.05, 0.1) is 0 Å². The van der Waals surface area contributed by atoms with E-state index in [4.69, 9.17) is 4.74 Å². The SMILES string of the molecule is Cc1cc(NC(=O)c2c(F)c(S(=O)(=O)NC3CCN(C(=O)OC(C)(C)C)CC3CO)cn2C)ccc1F.